The number of carbonyl (C=O) groups excluding carboxylic acids is 1. The monoisotopic (exact) mass is 237 g/mol. The summed E-state index contributed by atoms with van der Waals surface area (Å²) in [6.07, 6.45) is 3.16. The van der Waals surface area contributed by atoms with Gasteiger partial charge in [0.15, 0.2) is 0 Å². The van der Waals surface area contributed by atoms with Gasteiger partial charge in [0.05, 0.1) is 19.9 Å². The fourth-order valence-electron chi connectivity index (χ4n) is 1.64. The van der Waals surface area contributed by atoms with Crippen LogP contribution in [0.3, 0.4) is 0 Å². The molecule has 94 valence electrons. The van der Waals surface area contributed by atoms with Gasteiger partial charge < -0.3 is 15.2 Å². The number of carbonyl (C=O) groups is 1. The van der Waals surface area contributed by atoms with Gasteiger partial charge in [-0.1, -0.05) is 6.07 Å². The fourth-order valence-corrected chi connectivity index (χ4v) is 1.64. The van der Waals surface area contributed by atoms with Gasteiger partial charge >= 0.3 is 5.97 Å². The van der Waals surface area contributed by atoms with Crippen LogP contribution >= 0.6 is 0 Å². The first-order chi connectivity index (χ1) is 8.17. The number of hydrogen-bond acceptors (Lipinski definition) is 4. The third-order valence-electron chi connectivity index (χ3n) is 2.62. The van der Waals surface area contributed by atoms with Crippen molar-refractivity contribution in [3.05, 3.63) is 23.8 Å². The second-order valence-corrected chi connectivity index (χ2v) is 3.86. The third kappa shape index (κ3) is 4.34. The number of anilines is 1. The molecule has 17 heavy (non-hydrogen) atoms. The number of nitrogens with two attached hydrogens (primary N) is 1. The Labute approximate surface area is 102 Å². The molecule has 0 aliphatic heterocycles. The van der Waals surface area contributed by atoms with Gasteiger partial charge in [-0.15, -0.1) is 0 Å². The van der Waals surface area contributed by atoms with Crippen LogP contribution in [0.5, 0.6) is 5.75 Å². The van der Waals surface area contributed by atoms with Gasteiger partial charge in [0.1, 0.15) is 5.75 Å². The van der Waals surface area contributed by atoms with Gasteiger partial charge in [0.2, 0.25) is 0 Å². The Balaban J connectivity index is 2.37. The van der Waals surface area contributed by atoms with Gasteiger partial charge in [0, 0.05) is 6.42 Å². The van der Waals surface area contributed by atoms with Crippen molar-refractivity contribution in [2.75, 3.05) is 20.0 Å². The summed E-state index contributed by atoms with van der Waals surface area (Å²) in [5, 5.41) is 0. The highest BCUT2D eigenvalue weighted by Crippen LogP contribution is 2.22. The maximum Gasteiger partial charge on any atom is 0.305 e. The van der Waals surface area contributed by atoms with Crippen LogP contribution in [0, 0.1) is 0 Å². The van der Waals surface area contributed by atoms with E-state index in [1.807, 2.05) is 18.2 Å². The summed E-state index contributed by atoms with van der Waals surface area (Å²) in [6.45, 7) is 0. The molecule has 0 spiro atoms. The lowest BCUT2D eigenvalue weighted by Crippen LogP contribution is -2.00. The van der Waals surface area contributed by atoms with Crippen LogP contribution in [0.4, 0.5) is 5.69 Å². The quantitative estimate of drug-likeness (QED) is 0.468. The molecule has 4 nitrogen and oxygen atoms in total. The first-order valence-corrected chi connectivity index (χ1v) is 5.66. The Morgan fingerprint density at radius 1 is 1.29 bits per heavy atom. The first-order valence-electron chi connectivity index (χ1n) is 5.66. The average molecular weight is 237 g/mol. The van der Waals surface area contributed by atoms with E-state index >= 15 is 0 Å². The van der Waals surface area contributed by atoms with E-state index in [1.54, 1.807) is 7.11 Å². The Kier molecular flexibility index (Phi) is 5.33. The summed E-state index contributed by atoms with van der Waals surface area (Å²) in [7, 11) is 3.01. The van der Waals surface area contributed by atoms with Crippen molar-refractivity contribution in [3.63, 3.8) is 0 Å². The van der Waals surface area contributed by atoms with Gasteiger partial charge in [-0.05, 0) is 37.0 Å². The predicted octanol–water partition coefficient (Wildman–Crippen LogP) is 2.16. The molecule has 0 heterocycles. The molecule has 0 radical (unpaired) electrons. The lowest BCUT2D eigenvalue weighted by atomic mass is 10.1. The Bertz CT molecular complexity index is 377. The second-order valence-electron chi connectivity index (χ2n) is 3.86. The van der Waals surface area contributed by atoms with Crippen molar-refractivity contribution >= 4 is 11.7 Å². The zero-order valence-electron chi connectivity index (χ0n) is 10.4. The van der Waals surface area contributed by atoms with Crippen LogP contribution in [-0.4, -0.2) is 20.2 Å². The largest absolute Gasteiger partial charge is 0.495 e. The maximum atomic E-state index is 10.9. The van der Waals surface area contributed by atoms with Gasteiger partial charge in [0.25, 0.3) is 0 Å². The number of benzene rings is 1. The molecule has 0 saturated heterocycles. The molecule has 1 aromatic carbocycles. The summed E-state index contributed by atoms with van der Waals surface area (Å²) in [5.74, 6) is 0.544. The minimum atomic E-state index is -0.153. The molecule has 0 amide bonds. The fraction of sp³-hybridized carbons (Fsp3) is 0.462. The molecule has 0 fully saturated rings. The highest BCUT2D eigenvalue weighted by Gasteiger charge is 2.02. The minimum Gasteiger partial charge on any atom is -0.495 e. The van der Waals surface area contributed by atoms with Crippen LogP contribution in [0.2, 0.25) is 0 Å². The highest BCUT2D eigenvalue weighted by molar-refractivity contribution is 5.69. The molecule has 0 aliphatic rings. The van der Waals surface area contributed by atoms with Gasteiger partial charge in [-0.25, -0.2) is 0 Å². The van der Waals surface area contributed by atoms with E-state index in [1.165, 1.54) is 7.11 Å². The summed E-state index contributed by atoms with van der Waals surface area (Å²) in [6, 6.07) is 5.77. The molecule has 0 aliphatic carbocycles. The standard InChI is InChI=1S/C13H19NO3/c1-16-12-8-7-10(9-11(12)14)5-3-4-6-13(15)17-2/h7-9H,3-6,14H2,1-2H3. The van der Waals surface area contributed by atoms with E-state index in [-0.39, 0.29) is 5.97 Å². The summed E-state index contributed by atoms with van der Waals surface area (Å²) in [5.41, 5.74) is 7.62. The van der Waals surface area contributed by atoms with Crippen LogP contribution in [0.15, 0.2) is 18.2 Å². The van der Waals surface area contributed by atoms with E-state index in [2.05, 4.69) is 4.74 Å². The number of aryl methyl sites for hydroxylation is 1. The zero-order valence-corrected chi connectivity index (χ0v) is 10.4. The number of methoxy groups -OCH3 is 2. The van der Waals surface area contributed by atoms with E-state index in [9.17, 15) is 4.79 Å². The van der Waals surface area contributed by atoms with E-state index in [0.717, 1.165) is 24.8 Å². The maximum absolute atomic E-state index is 10.9. The molecule has 2 N–H and O–H groups in total. The topological polar surface area (TPSA) is 61.5 Å². The van der Waals surface area contributed by atoms with Crippen molar-refractivity contribution in [1.82, 2.24) is 0 Å². The summed E-state index contributed by atoms with van der Waals surface area (Å²) < 4.78 is 9.66. The van der Waals surface area contributed by atoms with Crippen molar-refractivity contribution in [2.24, 2.45) is 0 Å². The number of nitrogen functional groups attached to an aromatic ring is 1. The molecule has 0 aromatic heterocycles. The van der Waals surface area contributed by atoms with Crippen molar-refractivity contribution in [1.29, 1.82) is 0 Å². The van der Waals surface area contributed by atoms with Crippen LogP contribution in [-0.2, 0) is 16.0 Å². The number of unbranched alkanes of at least 4 members (excludes halogenated alkanes) is 1. The number of hydrogen-bond donors (Lipinski definition) is 1. The van der Waals surface area contributed by atoms with E-state index < -0.39 is 0 Å². The first kappa shape index (κ1) is 13.4. The SMILES string of the molecule is COC(=O)CCCCc1ccc(OC)c(N)c1. The second kappa shape index (κ2) is 6.78. The third-order valence-corrected chi connectivity index (χ3v) is 2.62. The summed E-state index contributed by atoms with van der Waals surface area (Å²) >= 11 is 0. The Morgan fingerprint density at radius 3 is 2.65 bits per heavy atom. The summed E-state index contributed by atoms with van der Waals surface area (Å²) in [4.78, 5) is 10.9. The number of ether oxygens (including phenoxy) is 2. The van der Waals surface area contributed by atoms with Crippen molar-refractivity contribution in [3.8, 4) is 5.75 Å². The van der Waals surface area contributed by atoms with Crippen LogP contribution < -0.4 is 10.5 Å². The Hall–Kier alpha value is -1.71. The normalized spacial score (nSPS) is 10.0. The van der Waals surface area contributed by atoms with Crippen molar-refractivity contribution < 1.29 is 14.3 Å². The molecule has 0 bridgehead atoms. The molecule has 0 saturated carbocycles. The van der Waals surface area contributed by atoms with Gasteiger partial charge in [-0.2, -0.15) is 0 Å². The van der Waals surface area contributed by atoms with E-state index in [4.69, 9.17) is 10.5 Å². The van der Waals surface area contributed by atoms with Gasteiger partial charge in [-0.3, -0.25) is 4.79 Å². The lowest BCUT2D eigenvalue weighted by molar-refractivity contribution is -0.140. The molecular weight excluding hydrogens is 218 g/mol. The molecule has 1 rings (SSSR count). The molecule has 0 atom stereocenters. The lowest BCUT2D eigenvalue weighted by Gasteiger charge is -2.07. The predicted molar refractivity (Wildman–Crippen MR) is 67.0 cm³/mol. The average Bonchev–Trinajstić information content (AvgIpc) is 2.34. The smallest absolute Gasteiger partial charge is 0.305 e. The van der Waals surface area contributed by atoms with E-state index in [0.29, 0.717) is 17.9 Å². The molecule has 4 heteroatoms. The molecule has 1 aromatic rings. The number of rotatable bonds is 6. The highest BCUT2D eigenvalue weighted by atomic mass is 16.5. The minimum absolute atomic E-state index is 0.153. The molecular formula is C13H19NO3. The zero-order chi connectivity index (χ0) is 12.7. The Morgan fingerprint density at radius 2 is 2.06 bits per heavy atom. The van der Waals surface area contributed by atoms with Crippen LogP contribution in [0.1, 0.15) is 24.8 Å². The molecule has 0 unspecified atom stereocenters. The van der Waals surface area contributed by atoms with Crippen molar-refractivity contribution in [2.45, 2.75) is 25.7 Å². The number of esters is 1. The van der Waals surface area contributed by atoms with Crippen LogP contribution in [0.25, 0.3) is 0 Å².